The highest BCUT2D eigenvalue weighted by molar-refractivity contribution is 5.58. The molecule has 3 rings (SSSR count). The lowest BCUT2D eigenvalue weighted by Crippen LogP contribution is -2.19. The first-order valence-electron chi connectivity index (χ1n) is 6.52. The molecule has 3 heterocycles. The van der Waals surface area contributed by atoms with Gasteiger partial charge in [-0.05, 0) is 32.0 Å². The smallest absolute Gasteiger partial charge is 0.183 e. The summed E-state index contributed by atoms with van der Waals surface area (Å²) in [4.78, 5) is 8.60. The van der Waals surface area contributed by atoms with Gasteiger partial charge in [-0.15, -0.1) is 5.10 Å². The van der Waals surface area contributed by atoms with Gasteiger partial charge in [-0.2, -0.15) is 0 Å². The first kappa shape index (κ1) is 13.6. The van der Waals surface area contributed by atoms with Crippen LogP contribution in [0.2, 0.25) is 0 Å². The Labute approximate surface area is 121 Å². The number of aromatic nitrogens is 4. The molecule has 0 aliphatic rings. The van der Waals surface area contributed by atoms with Gasteiger partial charge in [0.05, 0.1) is 11.8 Å². The molecule has 0 atom stereocenters. The molecule has 0 aliphatic carbocycles. The predicted molar refractivity (Wildman–Crippen MR) is 76.2 cm³/mol. The highest BCUT2D eigenvalue weighted by Crippen LogP contribution is 2.26. The highest BCUT2D eigenvalue weighted by Gasteiger charge is 2.21. The zero-order chi connectivity index (χ0) is 15.0. The average molecular weight is 286 g/mol. The van der Waals surface area contributed by atoms with E-state index in [0.29, 0.717) is 11.5 Å². The lowest BCUT2D eigenvalue weighted by molar-refractivity contribution is 0.0190. The zero-order valence-electron chi connectivity index (χ0n) is 12.0. The number of pyridine rings is 2. The average Bonchev–Trinajstić information content (AvgIpc) is 2.90. The Morgan fingerprint density at radius 3 is 2.81 bits per heavy atom. The fourth-order valence-corrected chi connectivity index (χ4v) is 1.99. The molecular weight excluding hydrogens is 271 g/mol. The van der Waals surface area contributed by atoms with Crippen LogP contribution in [0.1, 0.15) is 19.4 Å². The lowest BCUT2D eigenvalue weighted by Gasteiger charge is -2.23. The summed E-state index contributed by atoms with van der Waals surface area (Å²) < 4.78 is 20.1. The van der Waals surface area contributed by atoms with Gasteiger partial charge in [-0.3, -0.25) is 4.98 Å². The van der Waals surface area contributed by atoms with E-state index in [9.17, 15) is 4.39 Å². The van der Waals surface area contributed by atoms with Crippen LogP contribution in [0.3, 0.4) is 0 Å². The number of methoxy groups -OCH3 is 1. The van der Waals surface area contributed by atoms with Gasteiger partial charge in [-0.1, -0.05) is 0 Å². The largest absolute Gasteiger partial charge is 0.374 e. The van der Waals surface area contributed by atoms with Gasteiger partial charge in [0, 0.05) is 30.6 Å². The topological polar surface area (TPSA) is 52.3 Å². The number of hydrogen-bond donors (Lipinski definition) is 0. The summed E-state index contributed by atoms with van der Waals surface area (Å²) in [5.41, 5.74) is 1.82. The van der Waals surface area contributed by atoms with Crippen LogP contribution < -0.4 is 0 Å². The molecule has 6 heteroatoms. The van der Waals surface area contributed by atoms with Gasteiger partial charge in [0.1, 0.15) is 5.82 Å². The van der Waals surface area contributed by atoms with Crippen LogP contribution in [0.4, 0.5) is 4.39 Å². The number of rotatable bonds is 3. The van der Waals surface area contributed by atoms with Gasteiger partial charge in [0.2, 0.25) is 0 Å². The maximum atomic E-state index is 13.2. The van der Waals surface area contributed by atoms with E-state index in [1.807, 2.05) is 19.9 Å². The molecule has 0 aliphatic heterocycles. The second kappa shape index (κ2) is 4.89. The van der Waals surface area contributed by atoms with E-state index in [-0.39, 0.29) is 5.82 Å². The molecule has 0 unspecified atom stereocenters. The van der Waals surface area contributed by atoms with Crippen molar-refractivity contribution in [2.75, 3.05) is 7.11 Å². The minimum Gasteiger partial charge on any atom is -0.374 e. The monoisotopic (exact) mass is 286 g/mol. The fourth-order valence-electron chi connectivity index (χ4n) is 1.99. The van der Waals surface area contributed by atoms with Crippen molar-refractivity contribution in [3.63, 3.8) is 0 Å². The minimum absolute atomic E-state index is 0.355. The molecule has 5 nitrogen and oxygen atoms in total. The normalized spacial score (nSPS) is 12.0. The third-order valence-electron chi connectivity index (χ3n) is 3.50. The van der Waals surface area contributed by atoms with E-state index >= 15 is 0 Å². The Morgan fingerprint density at radius 1 is 1.24 bits per heavy atom. The molecule has 0 fully saturated rings. The Hall–Kier alpha value is -2.34. The molecular formula is C15H15FN4O. The standard InChI is InChI=1S/C15H15FN4O/c1-15(2,21-3)11-6-10(7-17-8-11)14-18-13-5-4-12(16)9-20(13)19-14/h4-9H,1-3H3. The summed E-state index contributed by atoms with van der Waals surface area (Å²) in [6.07, 6.45) is 4.73. The first-order valence-corrected chi connectivity index (χ1v) is 6.52. The van der Waals surface area contributed by atoms with Crippen molar-refractivity contribution in [3.8, 4) is 11.4 Å². The Balaban J connectivity index is 2.08. The molecule has 0 amide bonds. The van der Waals surface area contributed by atoms with Crippen LogP contribution >= 0.6 is 0 Å². The van der Waals surface area contributed by atoms with Crippen LogP contribution in [0.15, 0.2) is 36.8 Å². The Morgan fingerprint density at radius 2 is 2.05 bits per heavy atom. The number of halogens is 1. The highest BCUT2D eigenvalue weighted by atomic mass is 19.1. The minimum atomic E-state index is -0.450. The third-order valence-corrected chi connectivity index (χ3v) is 3.50. The number of hydrogen-bond acceptors (Lipinski definition) is 4. The summed E-state index contributed by atoms with van der Waals surface area (Å²) >= 11 is 0. The zero-order valence-corrected chi connectivity index (χ0v) is 12.0. The van der Waals surface area contributed by atoms with E-state index in [4.69, 9.17) is 4.74 Å². The van der Waals surface area contributed by atoms with Crippen molar-refractivity contribution in [2.24, 2.45) is 0 Å². The molecule has 21 heavy (non-hydrogen) atoms. The Bertz CT molecular complexity index is 797. The van der Waals surface area contributed by atoms with Crippen LogP contribution in [-0.4, -0.2) is 26.7 Å². The maximum Gasteiger partial charge on any atom is 0.183 e. The summed E-state index contributed by atoms with van der Waals surface area (Å²) in [5.74, 6) is 0.146. The summed E-state index contributed by atoms with van der Waals surface area (Å²) in [6, 6.07) is 4.88. The second-order valence-corrected chi connectivity index (χ2v) is 5.26. The molecule has 0 saturated heterocycles. The van der Waals surface area contributed by atoms with Crippen LogP contribution in [0, 0.1) is 5.82 Å². The summed E-state index contributed by atoms with van der Waals surface area (Å²) in [7, 11) is 1.65. The SMILES string of the molecule is COC(C)(C)c1cncc(-c2nc3ccc(F)cn3n2)c1. The number of fused-ring (bicyclic) bond motifs is 1. The molecule has 0 saturated carbocycles. The molecule has 0 aromatic carbocycles. The first-order chi connectivity index (χ1) is 9.99. The van der Waals surface area contributed by atoms with Gasteiger partial charge in [-0.25, -0.2) is 13.9 Å². The van der Waals surface area contributed by atoms with Crippen LogP contribution in [0.5, 0.6) is 0 Å². The lowest BCUT2D eigenvalue weighted by atomic mass is 9.98. The van der Waals surface area contributed by atoms with Gasteiger partial charge in [0.15, 0.2) is 11.5 Å². The predicted octanol–water partition coefficient (Wildman–Crippen LogP) is 2.81. The molecule has 0 radical (unpaired) electrons. The molecule has 3 aromatic rings. The van der Waals surface area contributed by atoms with E-state index in [0.717, 1.165) is 11.1 Å². The third kappa shape index (κ3) is 2.50. The van der Waals surface area contributed by atoms with Crippen molar-refractivity contribution in [3.05, 3.63) is 48.2 Å². The quantitative estimate of drug-likeness (QED) is 0.743. The van der Waals surface area contributed by atoms with Gasteiger partial charge >= 0.3 is 0 Å². The summed E-state index contributed by atoms with van der Waals surface area (Å²) in [6.45, 7) is 3.92. The molecule has 0 spiro atoms. The van der Waals surface area contributed by atoms with Crippen LogP contribution in [-0.2, 0) is 10.3 Å². The maximum absolute atomic E-state index is 13.2. The van der Waals surface area contributed by atoms with Crippen molar-refractivity contribution in [2.45, 2.75) is 19.4 Å². The van der Waals surface area contributed by atoms with E-state index < -0.39 is 5.60 Å². The van der Waals surface area contributed by atoms with E-state index in [2.05, 4.69) is 15.1 Å². The molecule has 0 N–H and O–H groups in total. The second-order valence-electron chi connectivity index (χ2n) is 5.26. The van der Waals surface area contributed by atoms with Gasteiger partial charge in [0.25, 0.3) is 0 Å². The van der Waals surface area contributed by atoms with Crippen LogP contribution in [0.25, 0.3) is 17.0 Å². The molecule has 0 bridgehead atoms. The van der Waals surface area contributed by atoms with Gasteiger partial charge < -0.3 is 4.74 Å². The van der Waals surface area contributed by atoms with E-state index in [1.165, 1.54) is 16.8 Å². The van der Waals surface area contributed by atoms with Crippen molar-refractivity contribution < 1.29 is 9.13 Å². The number of nitrogens with zero attached hydrogens (tertiary/aromatic N) is 4. The van der Waals surface area contributed by atoms with Crippen molar-refractivity contribution in [1.29, 1.82) is 0 Å². The summed E-state index contributed by atoms with van der Waals surface area (Å²) in [5, 5.41) is 4.28. The number of ether oxygens (including phenoxy) is 1. The van der Waals surface area contributed by atoms with Crippen molar-refractivity contribution in [1.82, 2.24) is 19.6 Å². The van der Waals surface area contributed by atoms with Crippen molar-refractivity contribution >= 4 is 5.65 Å². The Kier molecular flexibility index (Phi) is 3.17. The van der Waals surface area contributed by atoms with E-state index in [1.54, 1.807) is 25.6 Å². The fraction of sp³-hybridized carbons (Fsp3) is 0.267. The molecule has 3 aromatic heterocycles. The molecule has 108 valence electrons.